The number of aliphatic hydroxyl groups is 1. The minimum Gasteiger partial charge on any atom is -0.475 e. The van der Waals surface area contributed by atoms with E-state index in [1.807, 2.05) is 12.4 Å². The van der Waals surface area contributed by atoms with Crippen molar-refractivity contribution in [2.24, 2.45) is 5.92 Å². The van der Waals surface area contributed by atoms with Crippen molar-refractivity contribution >= 4 is 23.2 Å². The van der Waals surface area contributed by atoms with E-state index in [0.29, 0.717) is 6.04 Å². The van der Waals surface area contributed by atoms with Crippen molar-refractivity contribution in [2.75, 3.05) is 13.1 Å². The average Bonchev–Trinajstić information content (AvgIpc) is 3.35. The molecule has 2 heterocycles. The summed E-state index contributed by atoms with van der Waals surface area (Å²) >= 11 is 1.70. The molecule has 7 nitrogen and oxygen atoms in total. The van der Waals surface area contributed by atoms with E-state index in [9.17, 15) is 23.1 Å². The molecule has 0 bridgehead atoms. The molecule has 0 spiro atoms. The summed E-state index contributed by atoms with van der Waals surface area (Å²) in [6.07, 6.45) is -2.03. The molecule has 3 N–H and O–H groups in total. The zero-order valence-corrected chi connectivity index (χ0v) is 16.2. The maximum absolute atomic E-state index is 11.9. The topological polar surface area (TPSA) is 103 Å². The summed E-state index contributed by atoms with van der Waals surface area (Å²) in [5.41, 5.74) is 3.01. The third-order valence-corrected chi connectivity index (χ3v) is 5.65. The Labute approximate surface area is 164 Å². The molecule has 2 aliphatic rings. The Morgan fingerprint density at radius 2 is 1.89 bits per heavy atom. The highest BCUT2D eigenvalue weighted by Gasteiger charge is 2.38. The molecular weight excluding hydrogens is 399 g/mol. The molecule has 1 atom stereocenters. The van der Waals surface area contributed by atoms with Gasteiger partial charge >= 0.3 is 12.1 Å². The first-order chi connectivity index (χ1) is 13.1. The zero-order valence-electron chi connectivity index (χ0n) is 15.4. The molecule has 1 aliphatic heterocycles. The number of likely N-dealkylation sites (tertiary alicyclic amines) is 1. The van der Waals surface area contributed by atoms with Crippen molar-refractivity contribution in [3.63, 3.8) is 0 Å². The van der Waals surface area contributed by atoms with Crippen LogP contribution in [0.25, 0.3) is 0 Å². The summed E-state index contributed by atoms with van der Waals surface area (Å²) in [7, 11) is 0. The number of aliphatic carboxylic acids is 1. The van der Waals surface area contributed by atoms with Gasteiger partial charge in [0, 0.05) is 17.5 Å². The number of nitrogens with one attached hydrogen (secondary N) is 1. The summed E-state index contributed by atoms with van der Waals surface area (Å²) in [6, 6.07) is 0.321. The number of halogens is 3. The Bertz CT molecular complexity index is 671. The summed E-state index contributed by atoms with van der Waals surface area (Å²) in [4.78, 5) is 28.8. The molecule has 1 aliphatic carbocycles. The van der Waals surface area contributed by atoms with Gasteiger partial charge in [0.2, 0.25) is 5.91 Å². The van der Waals surface area contributed by atoms with Gasteiger partial charge in [-0.3, -0.25) is 9.69 Å². The first kappa shape index (κ1) is 22.6. The number of alkyl halides is 3. The quantitative estimate of drug-likeness (QED) is 0.669. The van der Waals surface area contributed by atoms with Gasteiger partial charge in [0.25, 0.3) is 0 Å². The van der Waals surface area contributed by atoms with Gasteiger partial charge in [0.1, 0.15) is 6.10 Å². The third-order valence-electron chi connectivity index (χ3n) is 4.73. The van der Waals surface area contributed by atoms with Crippen molar-refractivity contribution in [2.45, 2.75) is 57.5 Å². The highest BCUT2D eigenvalue weighted by molar-refractivity contribution is 7.09. The fourth-order valence-electron chi connectivity index (χ4n) is 2.84. The van der Waals surface area contributed by atoms with E-state index < -0.39 is 18.2 Å². The number of hydrogen-bond donors (Lipinski definition) is 3. The number of nitrogens with zero attached hydrogens (tertiary/aromatic N) is 2. The molecule has 0 radical (unpaired) electrons. The van der Waals surface area contributed by atoms with E-state index in [4.69, 9.17) is 9.90 Å². The van der Waals surface area contributed by atoms with E-state index in [1.54, 1.807) is 11.3 Å². The number of amides is 1. The van der Waals surface area contributed by atoms with Crippen LogP contribution in [0.5, 0.6) is 0 Å². The lowest BCUT2D eigenvalue weighted by molar-refractivity contribution is -0.192. The van der Waals surface area contributed by atoms with Crippen LogP contribution >= 0.6 is 11.3 Å². The van der Waals surface area contributed by atoms with Gasteiger partial charge in [-0.25, -0.2) is 9.78 Å². The van der Waals surface area contributed by atoms with Gasteiger partial charge < -0.3 is 15.5 Å². The average molecular weight is 423 g/mol. The van der Waals surface area contributed by atoms with Crippen LogP contribution in [-0.2, 0) is 16.1 Å². The minimum absolute atomic E-state index is 0.0996. The SMILES string of the molecule is Cc1ncsc1CN1CCC(C(O)C(=O)NC2CC2)CC1.O=C(O)C(F)(F)F. The van der Waals surface area contributed by atoms with E-state index in [-0.39, 0.29) is 11.8 Å². The normalized spacial score (nSPS) is 19.5. The molecule has 1 unspecified atom stereocenters. The fraction of sp³-hybridized carbons (Fsp3) is 0.706. The van der Waals surface area contributed by atoms with Gasteiger partial charge in [-0.05, 0) is 51.6 Å². The van der Waals surface area contributed by atoms with Crippen molar-refractivity contribution < 1.29 is 33.0 Å². The predicted molar refractivity (Wildman–Crippen MR) is 95.7 cm³/mol. The van der Waals surface area contributed by atoms with Crippen LogP contribution in [0.4, 0.5) is 13.2 Å². The number of hydrogen-bond acceptors (Lipinski definition) is 6. The number of carbonyl (C=O) groups excluding carboxylic acids is 1. The third kappa shape index (κ3) is 7.02. The molecule has 158 valence electrons. The molecule has 2 fully saturated rings. The van der Waals surface area contributed by atoms with Crippen LogP contribution in [-0.4, -0.2) is 63.4 Å². The lowest BCUT2D eigenvalue weighted by Gasteiger charge is -2.33. The van der Waals surface area contributed by atoms with Crippen LogP contribution in [0.2, 0.25) is 0 Å². The summed E-state index contributed by atoms with van der Waals surface area (Å²) in [5, 5.41) is 20.2. The monoisotopic (exact) mass is 423 g/mol. The van der Waals surface area contributed by atoms with Crippen molar-refractivity contribution in [3.8, 4) is 0 Å². The lowest BCUT2D eigenvalue weighted by Crippen LogP contribution is -2.44. The molecule has 1 saturated heterocycles. The molecule has 0 aromatic carbocycles. The highest BCUT2D eigenvalue weighted by atomic mass is 32.1. The molecule has 3 rings (SSSR count). The largest absolute Gasteiger partial charge is 0.490 e. The van der Waals surface area contributed by atoms with Gasteiger partial charge in [-0.15, -0.1) is 11.3 Å². The highest BCUT2D eigenvalue weighted by Crippen LogP contribution is 2.25. The Kier molecular flexibility index (Phi) is 7.79. The van der Waals surface area contributed by atoms with Crippen LogP contribution in [0.15, 0.2) is 5.51 Å². The van der Waals surface area contributed by atoms with Crippen LogP contribution < -0.4 is 5.32 Å². The zero-order chi connectivity index (χ0) is 20.9. The smallest absolute Gasteiger partial charge is 0.475 e. The molecule has 1 aromatic heterocycles. The van der Waals surface area contributed by atoms with E-state index in [1.165, 1.54) is 4.88 Å². The maximum atomic E-state index is 11.9. The van der Waals surface area contributed by atoms with E-state index in [0.717, 1.165) is 51.0 Å². The van der Waals surface area contributed by atoms with Crippen molar-refractivity contribution in [1.82, 2.24) is 15.2 Å². The fourth-order valence-corrected chi connectivity index (χ4v) is 3.65. The molecule has 1 amide bonds. The van der Waals surface area contributed by atoms with E-state index in [2.05, 4.69) is 15.2 Å². The Hall–Kier alpha value is -1.72. The number of carboxylic acids is 1. The number of carbonyl (C=O) groups is 2. The number of carboxylic acid groups (broad SMARTS) is 1. The van der Waals surface area contributed by atoms with Crippen LogP contribution in [0.3, 0.4) is 0 Å². The second-order valence-electron chi connectivity index (χ2n) is 7.01. The Balaban J connectivity index is 0.000000345. The standard InChI is InChI=1S/C15H23N3O2S.C2HF3O2/c1-10-13(21-9-16-10)8-18-6-4-11(5-7-18)14(19)15(20)17-12-2-3-12;3-2(4,5)1(6)7/h9,11-12,14,19H,2-8H2,1H3,(H,17,20);(H,6,7). The molecular formula is C17H24F3N3O4S. The maximum Gasteiger partial charge on any atom is 0.490 e. The number of thiazole rings is 1. The van der Waals surface area contributed by atoms with Crippen molar-refractivity contribution in [3.05, 3.63) is 16.1 Å². The van der Waals surface area contributed by atoms with Gasteiger partial charge in [0.05, 0.1) is 11.2 Å². The number of aryl methyl sites for hydroxylation is 1. The van der Waals surface area contributed by atoms with Gasteiger partial charge in [0.15, 0.2) is 0 Å². The molecule has 1 saturated carbocycles. The summed E-state index contributed by atoms with van der Waals surface area (Å²) < 4.78 is 31.7. The van der Waals surface area contributed by atoms with Gasteiger partial charge in [-0.1, -0.05) is 0 Å². The lowest BCUT2D eigenvalue weighted by atomic mass is 9.90. The molecule has 11 heteroatoms. The van der Waals surface area contributed by atoms with Crippen molar-refractivity contribution in [1.29, 1.82) is 0 Å². The molecule has 1 aromatic rings. The first-order valence-corrected chi connectivity index (χ1v) is 9.85. The first-order valence-electron chi connectivity index (χ1n) is 8.97. The number of piperidine rings is 1. The minimum atomic E-state index is -5.08. The van der Waals surface area contributed by atoms with Gasteiger partial charge in [-0.2, -0.15) is 13.2 Å². The number of aliphatic hydroxyl groups excluding tert-OH is 1. The Morgan fingerprint density at radius 1 is 1.32 bits per heavy atom. The number of aromatic nitrogens is 1. The number of rotatable bonds is 5. The second-order valence-corrected chi connectivity index (χ2v) is 7.94. The van der Waals surface area contributed by atoms with Crippen LogP contribution in [0.1, 0.15) is 36.3 Å². The Morgan fingerprint density at radius 3 is 2.32 bits per heavy atom. The second kappa shape index (κ2) is 9.66. The van der Waals surface area contributed by atoms with Crippen LogP contribution in [0, 0.1) is 12.8 Å². The predicted octanol–water partition coefficient (Wildman–Crippen LogP) is 1.94. The summed E-state index contributed by atoms with van der Waals surface area (Å²) in [5.74, 6) is -2.83. The van der Waals surface area contributed by atoms with E-state index >= 15 is 0 Å². The molecule has 28 heavy (non-hydrogen) atoms. The summed E-state index contributed by atoms with van der Waals surface area (Å²) in [6.45, 7) is 4.86.